The largest absolute Gasteiger partial charge is 0.452 e. The number of nitrogens with two attached hydrogens (primary N) is 1. The van der Waals surface area contributed by atoms with Crippen molar-refractivity contribution in [3.8, 4) is 0 Å². The number of rotatable bonds is 1. The van der Waals surface area contributed by atoms with E-state index >= 15 is 0 Å². The van der Waals surface area contributed by atoms with E-state index in [1.165, 1.54) is 0 Å². The first kappa shape index (κ1) is 9.71. The van der Waals surface area contributed by atoms with Crippen molar-refractivity contribution in [1.29, 1.82) is 0 Å². The van der Waals surface area contributed by atoms with Gasteiger partial charge in [-0.15, -0.1) is 0 Å². The van der Waals surface area contributed by atoms with Gasteiger partial charge >= 0.3 is 12.2 Å². The number of carbonyl (C=O) groups is 1. The number of anilines is 1. The quantitative estimate of drug-likeness (QED) is 0.729. The fourth-order valence-corrected chi connectivity index (χ4v) is 1.09. The smallest absolute Gasteiger partial charge is 0.351 e. The van der Waals surface area contributed by atoms with Crippen LogP contribution in [0.3, 0.4) is 0 Å². The number of hydrogen-bond acceptors (Lipinski definition) is 4. The first-order valence-electron chi connectivity index (χ1n) is 2.87. The van der Waals surface area contributed by atoms with Crippen LogP contribution < -0.4 is 11.1 Å². The van der Waals surface area contributed by atoms with Gasteiger partial charge in [-0.1, -0.05) is 0 Å². The summed E-state index contributed by atoms with van der Waals surface area (Å²) in [6.45, 7) is 0. The zero-order valence-electron chi connectivity index (χ0n) is 5.92. The Kier molecular flexibility index (Phi) is 2.36. The first-order chi connectivity index (χ1) is 5.89. The SMILES string of the molecule is NC(=O)Nc1nc(C(F)(F)F)ns1. The molecule has 0 spiro atoms. The summed E-state index contributed by atoms with van der Waals surface area (Å²) in [5.74, 6) is -1.29. The van der Waals surface area contributed by atoms with Gasteiger partial charge in [0, 0.05) is 11.5 Å². The summed E-state index contributed by atoms with van der Waals surface area (Å²) < 4.78 is 38.6. The molecule has 0 radical (unpaired) electrons. The first-order valence-corrected chi connectivity index (χ1v) is 3.64. The predicted octanol–water partition coefficient (Wildman–Crippen LogP) is 1.05. The van der Waals surface area contributed by atoms with Crippen molar-refractivity contribution in [3.63, 3.8) is 0 Å². The lowest BCUT2D eigenvalue weighted by Crippen LogP contribution is -2.19. The van der Waals surface area contributed by atoms with Crippen LogP contribution in [0.5, 0.6) is 0 Å². The monoisotopic (exact) mass is 212 g/mol. The maximum absolute atomic E-state index is 11.9. The highest BCUT2D eigenvalue weighted by atomic mass is 32.1. The molecule has 5 nitrogen and oxygen atoms in total. The van der Waals surface area contributed by atoms with E-state index in [-0.39, 0.29) is 5.13 Å². The minimum atomic E-state index is -4.60. The van der Waals surface area contributed by atoms with Crippen LogP contribution in [-0.2, 0) is 6.18 Å². The number of amides is 2. The highest BCUT2D eigenvalue weighted by molar-refractivity contribution is 7.09. The van der Waals surface area contributed by atoms with Crippen LogP contribution in [0, 0.1) is 0 Å². The molecule has 2 amide bonds. The van der Waals surface area contributed by atoms with Crippen molar-refractivity contribution in [2.24, 2.45) is 5.73 Å². The average Bonchev–Trinajstić information content (AvgIpc) is 2.32. The van der Waals surface area contributed by atoms with Crippen LogP contribution in [0.2, 0.25) is 0 Å². The van der Waals surface area contributed by atoms with Gasteiger partial charge in [0.1, 0.15) is 0 Å². The number of aromatic nitrogens is 2. The average molecular weight is 212 g/mol. The second-order valence-electron chi connectivity index (χ2n) is 1.91. The zero-order valence-corrected chi connectivity index (χ0v) is 6.74. The Morgan fingerprint density at radius 2 is 2.15 bits per heavy atom. The van der Waals surface area contributed by atoms with E-state index in [2.05, 4.69) is 15.1 Å². The van der Waals surface area contributed by atoms with Crippen LogP contribution in [0.1, 0.15) is 5.82 Å². The number of nitrogens with one attached hydrogen (secondary N) is 1. The second kappa shape index (κ2) is 3.17. The molecule has 13 heavy (non-hydrogen) atoms. The third-order valence-corrected chi connectivity index (χ3v) is 1.54. The van der Waals surface area contributed by atoms with Crippen LogP contribution in [0.4, 0.5) is 23.1 Å². The predicted molar refractivity (Wildman–Crippen MR) is 38.1 cm³/mol. The molecular weight excluding hydrogens is 209 g/mol. The normalized spacial score (nSPS) is 11.3. The molecule has 72 valence electrons. The maximum atomic E-state index is 11.9. The zero-order chi connectivity index (χ0) is 10.1. The summed E-state index contributed by atoms with van der Waals surface area (Å²) in [6, 6.07) is -0.982. The van der Waals surface area contributed by atoms with E-state index in [1.54, 1.807) is 0 Å². The minimum absolute atomic E-state index is 0.278. The van der Waals surface area contributed by atoms with E-state index in [4.69, 9.17) is 0 Å². The van der Waals surface area contributed by atoms with Gasteiger partial charge in [-0.3, -0.25) is 5.32 Å². The Bertz CT molecular complexity index is 321. The second-order valence-corrected chi connectivity index (χ2v) is 2.66. The highest BCUT2D eigenvalue weighted by Crippen LogP contribution is 2.28. The van der Waals surface area contributed by atoms with Crippen molar-refractivity contribution in [2.75, 3.05) is 5.32 Å². The van der Waals surface area contributed by atoms with E-state index in [1.807, 2.05) is 5.32 Å². The molecule has 0 aliphatic rings. The van der Waals surface area contributed by atoms with E-state index in [9.17, 15) is 18.0 Å². The van der Waals surface area contributed by atoms with Gasteiger partial charge < -0.3 is 5.73 Å². The van der Waals surface area contributed by atoms with E-state index in [0.717, 1.165) is 0 Å². The molecule has 0 aliphatic heterocycles. The summed E-state index contributed by atoms with van der Waals surface area (Å²) in [5.41, 5.74) is 4.65. The molecule has 0 fully saturated rings. The van der Waals surface area contributed by atoms with Gasteiger partial charge in [-0.2, -0.15) is 22.5 Å². The van der Waals surface area contributed by atoms with Gasteiger partial charge in [0.15, 0.2) is 0 Å². The fraction of sp³-hybridized carbons (Fsp3) is 0.250. The third kappa shape index (κ3) is 2.54. The van der Waals surface area contributed by atoms with Gasteiger partial charge in [-0.25, -0.2) is 4.79 Å². The Labute approximate surface area is 73.9 Å². The molecule has 0 atom stereocenters. The number of halogens is 3. The molecule has 0 saturated carbocycles. The summed E-state index contributed by atoms with van der Waals surface area (Å²) in [4.78, 5) is 13.2. The number of nitrogens with zero attached hydrogens (tertiary/aromatic N) is 2. The molecule has 0 unspecified atom stereocenters. The molecule has 1 rings (SSSR count). The Morgan fingerprint density at radius 1 is 1.54 bits per heavy atom. The summed E-state index contributed by atoms with van der Waals surface area (Å²) in [6.07, 6.45) is -4.60. The Balaban J connectivity index is 2.81. The van der Waals surface area contributed by atoms with Crippen molar-refractivity contribution < 1.29 is 18.0 Å². The molecule has 0 aromatic carbocycles. The molecule has 0 saturated heterocycles. The number of carbonyl (C=O) groups excluding carboxylic acids is 1. The molecule has 1 heterocycles. The van der Waals surface area contributed by atoms with Crippen LogP contribution in [0.15, 0.2) is 0 Å². The molecular formula is C4H3F3N4OS. The molecule has 9 heteroatoms. The van der Waals surface area contributed by atoms with Gasteiger partial charge in [0.05, 0.1) is 0 Å². The number of primary amides is 1. The number of hydrogen-bond donors (Lipinski definition) is 2. The number of alkyl halides is 3. The molecule has 0 bridgehead atoms. The molecule has 0 aliphatic carbocycles. The summed E-state index contributed by atoms with van der Waals surface area (Å²) in [7, 11) is 0. The maximum Gasteiger partial charge on any atom is 0.452 e. The van der Waals surface area contributed by atoms with Crippen molar-refractivity contribution in [3.05, 3.63) is 5.82 Å². The number of urea groups is 1. The van der Waals surface area contributed by atoms with Crippen molar-refractivity contribution in [2.45, 2.75) is 6.18 Å². The Morgan fingerprint density at radius 3 is 2.54 bits per heavy atom. The minimum Gasteiger partial charge on any atom is -0.351 e. The van der Waals surface area contributed by atoms with E-state index < -0.39 is 18.0 Å². The summed E-state index contributed by atoms with van der Waals surface area (Å²) in [5, 5.41) is 1.60. The van der Waals surface area contributed by atoms with Gasteiger partial charge in [-0.05, 0) is 0 Å². The van der Waals surface area contributed by atoms with Crippen LogP contribution in [-0.4, -0.2) is 15.4 Å². The van der Waals surface area contributed by atoms with Gasteiger partial charge in [0.2, 0.25) is 11.0 Å². The van der Waals surface area contributed by atoms with Crippen molar-refractivity contribution >= 4 is 22.7 Å². The topological polar surface area (TPSA) is 80.9 Å². The Hall–Kier alpha value is -1.38. The highest BCUT2D eigenvalue weighted by Gasteiger charge is 2.36. The lowest BCUT2D eigenvalue weighted by atomic mass is 10.6. The lowest BCUT2D eigenvalue weighted by molar-refractivity contribution is -0.144. The van der Waals surface area contributed by atoms with Gasteiger partial charge in [0.25, 0.3) is 0 Å². The molecule has 1 aromatic rings. The lowest BCUT2D eigenvalue weighted by Gasteiger charge is -1.97. The van der Waals surface area contributed by atoms with Crippen LogP contribution >= 0.6 is 11.5 Å². The summed E-state index contributed by atoms with van der Waals surface area (Å²) >= 11 is 0.412. The molecule has 1 aromatic heterocycles. The fourth-order valence-electron chi connectivity index (χ4n) is 0.495. The third-order valence-electron chi connectivity index (χ3n) is 0.910. The van der Waals surface area contributed by atoms with Crippen molar-refractivity contribution in [1.82, 2.24) is 9.36 Å². The standard InChI is InChI=1S/C4H3F3N4OS/c5-4(6,7)1-9-3(13-11-1)10-2(8)12/h(H3,8,9,10,11,12). The van der Waals surface area contributed by atoms with Crippen LogP contribution in [0.25, 0.3) is 0 Å². The van der Waals surface area contributed by atoms with E-state index in [0.29, 0.717) is 11.5 Å². The molecule has 3 N–H and O–H groups in total.